The topological polar surface area (TPSA) is 62.5 Å². The SMILES string of the molecule is CCc1nc(N2CCC(N3CCC[C@@H](C)C3)CC2)sc1C(N)=O. The maximum atomic E-state index is 11.5. The molecule has 0 saturated carbocycles. The van der Waals surface area contributed by atoms with Gasteiger partial charge in [0, 0.05) is 25.7 Å². The second kappa shape index (κ2) is 7.18. The van der Waals surface area contributed by atoms with Crippen LogP contribution in [0.3, 0.4) is 0 Å². The number of thiazole rings is 1. The standard InChI is InChI=1S/C17H28N4OS/c1-3-14-15(16(18)22)23-17(19-14)20-9-6-13(7-10-20)21-8-4-5-12(2)11-21/h12-13H,3-11H2,1-2H3,(H2,18,22)/t12-/m1/s1. The molecule has 2 N–H and O–H groups in total. The summed E-state index contributed by atoms with van der Waals surface area (Å²) in [5.41, 5.74) is 6.32. The van der Waals surface area contributed by atoms with Crippen LogP contribution in [-0.4, -0.2) is 48.0 Å². The van der Waals surface area contributed by atoms with Crippen molar-refractivity contribution in [2.75, 3.05) is 31.1 Å². The lowest BCUT2D eigenvalue weighted by atomic mass is 9.95. The molecule has 5 nitrogen and oxygen atoms in total. The van der Waals surface area contributed by atoms with Gasteiger partial charge in [-0.3, -0.25) is 9.69 Å². The minimum atomic E-state index is -0.345. The van der Waals surface area contributed by atoms with Gasteiger partial charge < -0.3 is 10.6 Å². The van der Waals surface area contributed by atoms with Gasteiger partial charge in [0.05, 0.1) is 5.69 Å². The van der Waals surface area contributed by atoms with Gasteiger partial charge in [0.1, 0.15) is 4.88 Å². The first-order valence-corrected chi connectivity index (χ1v) is 9.68. The molecular formula is C17H28N4OS. The summed E-state index contributed by atoms with van der Waals surface area (Å²) < 4.78 is 0. The first kappa shape index (κ1) is 16.7. The van der Waals surface area contributed by atoms with Gasteiger partial charge in [0.2, 0.25) is 0 Å². The van der Waals surface area contributed by atoms with E-state index in [-0.39, 0.29) is 5.91 Å². The monoisotopic (exact) mass is 336 g/mol. The first-order chi connectivity index (χ1) is 11.1. The van der Waals surface area contributed by atoms with Crippen molar-refractivity contribution >= 4 is 22.4 Å². The fourth-order valence-corrected chi connectivity index (χ4v) is 4.94. The van der Waals surface area contributed by atoms with Crippen molar-refractivity contribution in [1.82, 2.24) is 9.88 Å². The van der Waals surface area contributed by atoms with Crippen molar-refractivity contribution in [2.24, 2.45) is 11.7 Å². The molecule has 0 aliphatic carbocycles. The zero-order valence-electron chi connectivity index (χ0n) is 14.3. The fourth-order valence-electron chi connectivity index (χ4n) is 3.89. The predicted molar refractivity (Wildman–Crippen MR) is 95.2 cm³/mol. The molecule has 23 heavy (non-hydrogen) atoms. The third-order valence-electron chi connectivity index (χ3n) is 5.18. The molecule has 6 heteroatoms. The number of nitrogens with two attached hydrogens (primary N) is 1. The molecule has 3 heterocycles. The second-order valence-corrected chi connectivity index (χ2v) is 7.93. The molecule has 2 aliphatic rings. The number of nitrogens with zero attached hydrogens (tertiary/aromatic N) is 3. The second-order valence-electron chi connectivity index (χ2n) is 6.95. The highest BCUT2D eigenvalue weighted by Gasteiger charge is 2.29. The number of aryl methyl sites for hydroxylation is 1. The van der Waals surface area contributed by atoms with Gasteiger partial charge in [-0.05, 0) is 44.6 Å². The highest BCUT2D eigenvalue weighted by atomic mass is 32.1. The van der Waals surface area contributed by atoms with Crippen LogP contribution in [0.25, 0.3) is 0 Å². The number of hydrogen-bond acceptors (Lipinski definition) is 5. The molecule has 0 unspecified atom stereocenters. The molecule has 128 valence electrons. The van der Waals surface area contributed by atoms with Crippen LogP contribution in [0.15, 0.2) is 0 Å². The lowest BCUT2D eigenvalue weighted by molar-refractivity contribution is 0.100. The van der Waals surface area contributed by atoms with Crippen LogP contribution in [0, 0.1) is 5.92 Å². The molecule has 2 aliphatic heterocycles. The van der Waals surface area contributed by atoms with Gasteiger partial charge in [-0.25, -0.2) is 4.98 Å². The summed E-state index contributed by atoms with van der Waals surface area (Å²) in [6.07, 6.45) is 5.87. The van der Waals surface area contributed by atoms with E-state index in [1.807, 2.05) is 6.92 Å². The Labute approximate surface area is 142 Å². The Morgan fingerprint density at radius 1 is 1.30 bits per heavy atom. The number of primary amides is 1. The molecule has 0 radical (unpaired) electrons. The van der Waals surface area contributed by atoms with Crippen LogP contribution in [-0.2, 0) is 6.42 Å². The van der Waals surface area contributed by atoms with E-state index in [4.69, 9.17) is 5.73 Å². The van der Waals surface area contributed by atoms with Crippen LogP contribution >= 0.6 is 11.3 Å². The number of likely N-dealkylation sites (tertiary alicyclic amines) is 1. The Morgan fingerprint density at radius 2 is 2.04 bits per heavy atom. The van der Waals surface area contributed by atoms with Crippen molar-refractivity contribution in [2.45, 2.75) is 52.0 Å². The van der Waals surface area contributed by atoms with Crippen molar-refractivity contribution < 1.29 is 4.79 Å². The first-order valence-electron chi connectivity index (χ1n) is 8.87. The zero-order valence-corrected chi connectivity index (χ0v) is 15.1. The van der Waals surface area contributed by atoms with Gasteiger partial charge >= 0.3 is 0 Å². The van der Waals surface area contributed by atoms with E-state index in [1.54, 1.807) is 0 Å². The van der Waals surface area contributed by atoms with Gasteiger partial charge in [-0.15, -0.1) is 0 Å². The molecule has 0 bridgehead atoms. The van der Waals surface area contributed by atoms with E-state index < -0.39 is 0 Å². The van der Waals surface area contributed by atoms with Gasteiger partial charge in [-0.1, -0.05) is 25.2 Å². The minimum Gasteiger partial charge on any atom is -0.365 e. The van der Waals surface area contributed by atoms with Crippen LogP contribution in [0.1, 0.15) is 54.9 Å². The summed E-state index contributed by atoms with van der Waals surface area (Å²) in [5.74, 6) is 0.494. The Morgan fingerprint density at radius 3 is 2.61 bits per heavy atom. The zero-order chi connectivity index (χ0) is 16.4. The minimum absolute atomic E-state index is 0.345. The summed E-state index contributed by atoms with van der Waals surface area (Å²) in [5, 5.41) is 0.973. The normalized spacial score (nSPS) is 24.1. The van der Waals surface area contributed by atoms with Crippen molar-refractivity contribution in [3.63, 3.8) is 0 Å². The van der Waals surface area contributed by atoms with E-state index in [0.717, 1.165) is 42.3 Å². The summed E-state index contributed by atoms with van der Waals surface area (Å²) in [6, 6.07) is 0.718. The van der Waals surface area contributed by atoms with Gasteiger partial charge in [0.15, 0.2) is 5.13 Å². The number of amides is 1. The highest BCUT2D eigenvalue weighted by molar-refractivity contribution is 7.17. The van der Waals surface area contributed by atoms with E-state index in [9.17, 15) is 4.79 Å². The Hall–Kier alpha value is -1.14. The average molecular weight is 337 g/mol. The van der Waals surface area contributed by atoms with E-state index in [0.29, 0.717) is 4.88 Å². The molecule has 1 atom stereocenters. The highest BCUT2D eigenvalue weighted by Crippen LogP contribution is 2.30. The third-order valence-corrected chi connectivity index (χ3v) is 6.36. The number of hydrogen-bond donors (Lipinski definition) is 1. The Bertz CT molecular complexity index is 551. The van der Waals surface area contributed by atoms with E-state index in [2.05, 4.69) is 21.7 Å². The number of anilines is 1. The largest absolute Gasteiger partial charge is 0.365 e. The number of aromatic nitrogens is 1. The fraction of sp³-hybridized carbons (Fsp3) is 0.765. The van der Waals surface area contributed by atoms with Crippen LogP contribution in [0.5, 0.6) is 0 Å². The van der Waals surface area contributed by atoms with Crippen molar-refractivity contribution in [3.05, 3.63) is 10.6 Å². The Kier molecular flexibility index (Phi) is 5.21. The maximum Gasteiger partial charge on any atom is 0.260 e. The number of rotatable bonds is 4. The van der Waals surface area contributed by atoms with Crippen LogP contribution in [0.2, 0.25) is 0 Å². The summed E-state index contributed by atoms with van der Waals surface area (Å²) in [4.78, 5) is 21.8. The molecule has 0 spiro atoms. The number of carbonyl (C=O) groups excluding carboxylic acids is 1. The molecule has 2 fully saturated rings. The van der Waals surface area contributed by atoms with Crippen molar-refractivity contribution in [1.29, 1.82) is 0 Å². The lowest BCUT2D eigenvalue weighted by Gasteiger charge is -2.41. The molecule has 3 rings (SSSR count). The van der Waals surface area contributed by atoms with Crippen LogP contribution in [0.4, 0.5) is 5.13 Å². The quantitative estimate of drug-likeness (QED) is 0.918. The average Bonchev–Trinajstić information content (AvgIpc) is 3.00. The van der Waals surface area contributed by atoms with Crippen LogP contribution < -0.4 is 10.6 Å². The number of piperidine rings is 2. The summed E-state index contributed by atoms with van der Waals surface area (Å²) >= 11 is 1.46. The van der Waals surface area contributed by atoms with Gasteiger partial charge in [0.25, 0.3) is 5.91 Å². The summed E-state index contributed by atoms with van der Waals surface area (Å²) in [6.45, 7) is 8.98. The molecule has 0 aromatic carbocycles. The lowest BCUT2D eigenvalue weighted by Crippen LogP contribution is -2.48. The van der Waals surface area contributed by atoms with E-state index >= 15 is 0 Å². The number of carbonyl (C=O) groups is 1. The molecule has 1 amide bonds. The molecule has 1 aromatic rings. The van der Waals surface area contributed by atoms with Crippen molar-refractivity contribution in [3.8, 4) is 0 Å². The van der Waals surface area contributed by atoms with Gasteiger partial charge in [-0.2, -0.15) is 0 Å². The predicted octanol–water partition coefficient (Wildman–Crippen LogP) is 2.51. The summed E-state index contributed by atoms with van der Waals surface area (Å²) in [7, 11) is 0. The Balaban J connectivity index is 1.61. The molecule has 2 saturated heterocycles. The maximum absolute atomic E-state index is 11.5. The smallest absolute Gasteiger partial charge is 0.260 e. The third kappa shape index (κ3) is 3.69. The van der Waals surface area contributed by atoms with E-state index in [1.165, 1.54) is 50.1 Å². The molecule has 1 aromatic heterocycles. The molecular weight excluding hydrogens is 308 g/mol.